The zero-order chi connectivity index (χ0) is 12.8. The van der Waals surface area contributed by atoms with Crippen LogP contribution in [0.2, 0.25) is 0 Å². The van der Waals surface area contributed by atoms with Gasteiger partial charge in [0, 0.05) is 13.0 Å². The minimum atomic E-state index is -4.77. The summed E-state index contributed by atoms with van der Waals surface area (Å²) in [6.07, 6.45) is -3.48. The number of nitriles is 1. The van der Waals surface area contributed by atoms with Gasteiger partial charge in [0.25, 0.3) is 0 Å². The maximum absolute atomic E-state index is 12.3. The molecule has 0 aromatic carbocycles. The number of halogens is 3. The van der Waals surface area contributed by atoms with E-state index in [-0.39, 0.29) is 6.54 Å². The molecule has 0 aromatic rings. The van der Waals surface area contributed by atoms with Crippen LogP contribution >= 0.6 is 0 Å². The van der Waals surface area contributed by atoms with Crippen molar-refractivity contribution in [3.8, 4) is 6.07 Å². The lowest BCUT2D eigenvalue weighted by Gasteiger charge is -2.26. The second kappa shape index (κ2) is 5.70. The number of unbranched alkanes of at least 4 members (excludes halogenated alkanes) is 2. The number of nitrogens with one attached hydrogen (secondary N) is 1. The molecule has 92 valence electrons. The molecule has 0 aliphatic rings. The largest absolute Gasteiger partial charge is 0.415 e. The predicted molar refractivity (Wildman–Crippen MR) is 51.1 cm³/mol. The van der Waals surface area contributed by atoms with Crippen LogP contribution < -0.4 is 11.1 Å². The molecule has 0 saturated heterocycles. The van der Waals surface area contributed by atoms with E-state index < -0.39 is 17.6 Å². The molecule has 1 atom stereocenters. The van der Waals surface area contributed by atoms with Crippen LogP contribution in [0.15, 0.2) is 0 Å². The van der Waals surface area contributed by atoms with Gasteiger partial charge in [-0.05, 0) is 19.8 Å². The first-order valence-corrected chi connectivity index (χ1v) is 4.74. The van der Waals surface area contributed by atoms with E-state index in [0.29, 0.717) is 26.2 Å². The minimum Gasteiger partial charge on any atom is -0.354 e. The number of carbonyl (C=O) groups excluding carboxylic acids is 1. The quantitative estimate of drug-likeness (QED) is 0.702. The van der Waals surface area contributed by atoms with Crippen LogP contribution in [0, 0.1) is 11.3 Å². The van der Waals surface area contributed by atoms with Crippen LogP contribution in [0.1, 0.15) is 26.2 Å². The Kier molecular flexibility index (Phi) is 5.24. The van der Waals surface area contributed by atoms with Crippen LogP contribution in [0.5, 0.6) is 0 Å². The number of hydrogen-bond donors (Lipinski definition) is 2. The van der Waals surface area contributed by atoms with Crippen LogP contribution in [0.4, 0.5) is 13.2 Å². The number of alkyl halides is 3. The van der Waals surface area contributed by atoms with E-state index in [1.54, 1.807) is 0 Å². The van der Waals surface area contributed by atoms with Gasteiger partial charge in [0.15, 0.2) is 5.54 Å². The Morgan fingerprint density at radius 2 is 2.00 bits per heavy atom. The summed E-state index contributed by atoms with van der Waals surface area (Å²) >= 11 is 0. The lowest BCUT2D eigenvalue weighted by atomic mass is 10.0. The summed E-state index contributed by atoms with van der Waals surface area (Å²) < 4.78 is 36.9. The van der Waals surface area contributed by atoms with Crippen molar-refractivity contribution in [3.63, 3.8) is 0 Å². The summed E-state index contributed by atoms with van der Waals surface area (Å²) in [6, 6.07) is 1.89. The lowest BCUT2D eigenvalue weighted by Crippen LogP contribution is -2.61. The second-order valence-electron chi connectivity index (χ2n) is 3.57. The monoisotopic (exact) mass is 237 g/mol. The van der Waals surface area contributed by atoms with Gasteiger partial charge in [-0.3, -0.25) is 4.79 Å². The van der Waals surface area contributed by atoms with Gasteiger partial charge in [0.2, 0.25) is 5.91 Å². The van der Waals surface area contributed by atoms with Crippen LogP contribution in [0.25, 0.3) is 0 Å². The number of amides is 1. The fraction of sp³-hybridized carbons (Fsp3) is 0.778. The van der Waals surface area contributed by atoms with Crippen molar-refractivity contribution >= 4 is 5.91 Å². The van der Waals surface area contributed by atoms with Gasteiger partial charge in [-0.2, -0.15) is 18.4 Å². The van der Waals surface area contributed by atoms with Crippen LogP contribution in [0.3, 0.4) is 0 Å². The zero-order valence-corrected chi connectivity index (χ0v) is 8.90. The van der Waals surface area contributed by atoms with Gasteiger partial charge in [0.1, 0.15) is 0 Å². The van der Waals surface area contributed by atoms with Crippen molar-refractivity contribution in [1.82, 2.24) is 5.32 Å². The molecule has 0 fully saturated rings. The van der Waals surface area contributed by atoms with Crippen molar-refractivity contribution in [2.75, 3.05) is 6.54 Å². The molecule has 0 bridgehead atoms. The number of hydrogen-bond acceptors (Lipinski definition) is 3. The van der Waals surface area contributed by atoms with E-state index in [1.807, 2.05) is 6.07 Å². The Hall–Kier alpha value is -1.29. The molecular weight excluding hydrogens is 223 g/mol. The molecule has 0 rings (SSSR count). The average molecular weight is 237 g/mol. The highest BCUT2D eigenvalue weighted by molar-refractivity contribution is 5.86. The fourth-order valence-corrected chi connectivity index (χ4v) is 0.843. The first kappa shape index (κ1) is 14.7. The SMILES string of the molecule is CC(N)(C(=O)NCCCCC#N)C(F)(F)F. The fourth-order valence-electron chi connectivity index (χ4n) is 0.843. The van der Waals surface area contributed by atoms with E-state index in [1.165, 1.54) is 0 Å². The van der Waals surface area contributed by atoms with Crippen molar-refractivity contribution in [2.45, 2.75) is 37.9 Å². The molecule has 0 aromatic heterocycles. The van der Waals surface area contributed by atoms with Crippen LogP contribution in [-0.4, -0.2) is 24.2 Å². The molecule has 0 spiro atoms. The molecule has 1 amide bonds. The Morgan fingerprint density at radius 1 is 1.44 bits per heavy atom. The number of carbonyl (C=O) groups is 1. The second-order valence-corrected chi connectivity index (χ2v) is 3.57. The molecule has 0 saturated carbocycles. The average Bonchev–Trinajstić information content (AvgIpc) is 2.15. The molecule has 0 aliphatic carbocycles. The van der Waals surface area contributed by atoms with Crippen molar-refractivity contribution in [2.24, 2.45) is 5.73 Å². The van der Waals surface area contributed by atoms with E-state index in [9.17, 15) is 18.0 Å². The van der Waals surface area contributed by atoms with Gasteiger partial charge in [0.05, 0.1) is 6.07 Å². The summed E-state index contributed by atoms with van der Waals surface area (Å²) in [5, 5.41) is 10.3. The topological polar surface area (TPSA) is 78.9 Å². The van der Waals surface area contributed by atoms with Crippen molar-refractivity contribution < 1.29 is 18.0 Å². The molecular formula is C9H14F3N3O. The standard InChI is InChI=1S/C9H14F3N3O/c1-8(14,9(10,11)12)7(16)15-6-4-2-3-5-13/h2-4,6,14H2,1H3,(H,15,16). The summed E-state index contributed by atoms with van der Waals surface area (Å²) in [6.45, 7) is 0.709. The Morgan fingerprint density at radius 3 is 2.44 bits per heavy atom. The number of nitrogens with two attached hydrogens (primary N) is 1. The Bertz CT molecular complexity index is 281. The van der Waals surface area contributed by atoms with Crippen molar-refractivity contribution in [1.29, 1.82) is 5.26 Å². The van der Waals surface area contributed by atoms with Crippen molar-refractivity contribution in [3.05, 3.63) is 0 Å². The van der Waals surface area contributed by atoms with Crippen LogP contribution in [-0.2, 0) is 4.79 Å². The molecule has 0 aliphatic heterocycles. The number of nitrogens with zero attached hydrogens (tertiary/aromatic N) is 1. The Balaban J connectivity index is 4.03. The highest BCUT2D eigenvalue weighted by Gasteiger charge is 2.53. The first-order valence-electron chi connectivity index (χ1n) is 4.74. The third-order valence-corrected chi connectivity index (χ3v) is 2.06. The van der Waals surface area contributed by atoms with Gasteiger partial charge in [-0.25, -0.2) is 0 Å². The van der Waals surface area contributed by atoms with Gasteiger partial charge >= 0.3 is 6.18 Å². The van der Waals surface area contributed by atoms with E-state index in [4.69, 9.17) is 11.0 Å². The highest BCUT2D eigenvalue weighted by atomic mass is 19.4. The lowest BCUT2D eigenvalue weighted by molar-refractivity contribution is -0.187. The molecule has 0 radical (unpaired) electrons. The minimum absolute atomic E-state index is 0.0867. The maximum Gasteiger partial charge on any atom is 0.415 e. The predicted octanol–water partition coefficient (Wildman–Crippen LogP) is 1.08. The molecule has 4 nitrogen and oxygen atoms in total. The summed E-state index contributed by atoms with van der Waals surface area (Å²) in [5.41, 5.74) is 2.02. The first-order chi connectivity index (χ1) is 7.23. The van der Waals surface area contributed by atoms with E-state index in [0.717, 1.165) is 0 Å². The zero-order valence-electron chi connectivity index (χ0n) is 8.90. The summed E-state index contributed by atoms with van der Waals surface area (Å²) in [5.74, 6) is -1.25. The van der Waals surface area contributed by atoms with E-state index >= 15 is 0 Å². The Labute approximate surface area is 91.6 Å². The maximum atomic E-state index is 12.3. The molecule has 0 heterocycles. The third kappa shape index (κ3) is 4.06. The smallest absolute Gasteiger partial charge is 0.354 e. The normalized spacial score (nSPS) is 15.0. The van der Waals surface area contributed by atoms with Gasteiger partial charge in [-0.1, -0.05) is 0 Å². The summed E-state index contributed by atoms with van der Waals surface area (Å²) in [4.78, 5) is 11.1. The van der Waals surface area contributed by atoms with E-state index in [2.05, 4.69) is 5.32 Å². The van der Waals surface area contributed by atoms with Gasteiger partial charge in [-0.15, -0.1) is 0 Å². The molecule has 1 unspecified atom stereocenters. The molecule has 7 heteroatoms. The third-order valence-electron chi connectivity index (χ3n) is 2.06. The van der Waals surface area contributed by atoms with Gasteiger partial charge < -0.3 is 11.1 Å². The molecule has 3 N–H and O–H groups in total. The summed E-state index contributed by atoms with van der Waals surface area (Å²) in [7, 11) is 0. The number of rotatable bonds is 5. The molecule has 16 heavy (non-hydrogen) atoms. The highest BCUT2D eigenvalue weighted by Crippen LogP contribution is 2.27.